The Morgan fingerprint density at radius 3 is 1.37 bits per heavy atom. The fourth-order valence-corrected chi connectivity index (χ4v) is 3.02. The molecular formula is C20H15F4NO2. The number of amides is 2. The first-order valence-electron chi connectivity index (χ1n) is 8.06. The number of benzene rings is 2. The third-order valence-electron chi connectivity index (χ3n) is 4.16. The Hall–Kier alpha value is -2.96. The Morgan fingerprint density at radius 1 is 0.704 bits per heavy atom. The van der Waals surface area contributed by atoms with E-state index < -0.39 is 51.8 Å². The molecule has 0 bridgehead atoms. The predicted molar refractivity (Wildman–Crippen MR) is 91.1 cm³/mol. The molecule has 140 valence electrons. The molecule has 2 amide bonds. The van der Waals surface area contributed by atoms with Gasteiger partial charge in [0.2, 0.25) is 0 Å². The number of rotatable bonds is 2. The van der Waals surface area contributed by atoms with Gasteiger partial charge < -0.3 is 0 Å². The van der Waals surface area contributed by atoms with Crippen LogP contribution in [0.5, 0.6) is 0 Å². The summed E-state index contributed by atoms with van der Waals surface area (Å²) in [7, 11) is 0. The first-order chi connectivity index (χ1) is 12.5. The number of hydrogen-bond donors (Lipinski definition) is 0. The van der Waals surface area contributed by atoms with Crippen molar-refractivity contribution in [1.82, 2.24) is 4.90 Å². The van der Waals surface area contributed by atoms with E-state index in [4.69, 9.17) is 0 Å². The molecular weight excluding hydrogens is 362 g/mol. The van der Waals surface area contributed by atoms with Crippen molar-refractivity contribution in [3.8, 4) is 0 Å². The summed E-state index contributed by atoms with van der Waals surface area (Å²) in [5.74, 6) is -5.54. The highest BCUT2D eigenvalue weighted by molar-refractivity contribution is 6.49. The van der Waals surface area contributed by atoms with E-state index in [0.717, 1.165) is 29.2 Å². The van der Waals surface area contributed by atoms with Crippen LogP contribution < -0.4 is 0 Å². The van der Waals surface area contributed by atoms with Crippen LogP contribution in [-0.4, -0.2) is 22.3 Å². The topological polar surface area (TPSA) is 37.4 Å². The third kappa shape index (κ3) is 3.13. The normalized spacial score (nSPS) is 15.1. The summed E-state index contributed by atoms with van der Waals surface area (Å²) < 4.78 is 55.3. The van der Waals surface area contributed by atoms with Gasteiger partial charge >= 0.3 is 0 Å². The van der Waals surface area contributed by atoms with Gasteiger partial charge in [-0.15, -0.1) is 0 Å². The number of nitrogens with zero attached hydrogens (tertiary/aromatic N) is 1. The first kappa shape index (κ1) is 18.8. The SMILES string of the molecule is CC(C)(C)N1C(=O)C(c2ccc(F)cc2F)=C(c2ccc(F)cc2F)C1=O. The van der Waals surface area contributed by atoms with E-state index in [1.807, 2.05) is 0 Å². The molecule has 1 aliphatic heterocycles. The predicted octanol–water partition coefficient (Wildman–Crippen LogP) is 4.32. The molecule has 7 heteroatoms. The molecule has 1 aliphatic rings. The molecule has 0 atom stereocenters. The van der Waals surface area contributed by atoms with E-state index in [-0.39, 0.29) is 11.1 Å². The van der Waals surface area contributed by atoms with Gasteiger partial charge in [0.25, 0.3) is 11.8 Å². The maximum atomic E-state index is 14.4. The molecule has 3 rings (SSSR count). The quantitative estimate of drug-likeness (QED) is 0.577. The van der Waals surface area contributed by atoms with Gasteiger partial charge in [0.05, 0.1) is 11.1 Å². The van der Waals surface area contributed by atoms with Crippen LogP contribution in [0.3, 0.4) is 0 Å². The summed E-state index contributed by atoms with van der Waals surface area (Å²) in [5.41, 5.74) is -2.43. The highest BCUT2D eigenvalue weighted by Gasteiger charge is 2.46. The second kappa shape index (κ2) is 6.33. The molecule has 0 fully saturated rings. The first-order valence-corrected chi connectivity index (χ1v) is 8.06. The van der Waals surface area contributed by atoms with Crippen molar-refractivity contribution in [1.29, 1.82) is 0 Å². The second-order valence-electron chi connectivity index (χ2n) is 7.11. The summed E-state index contributed by atoms with van der Waals surface area (Å²) in [6.45, 7) is 4.77. The molecule has 0 N–H and O–H groups in total. The van der Waals surface area contributed by atoms with E-state index in [1.54, 1.807) is 20.8 Å². The number of carbonyl (C=O) groups is 2. The minimum Gasteiger partial charge on any atom is -0.269 e. The number of carbonyl (C=O) groups excluding carboxylic acids is 2. The monoisotopic (exact) mass is 377 g/mol. The molecule has 3 nitrogen and oxygen atoms in total. The number of halogens is 4. The lowest BCUT2D eigenvalue weighted by Gasteiger charge is -2.30. The lowest BCUT2D eigenvalue weighted by Crippen LogP contribution is -2.46. The Kier molecular flexibility index (Phi) is 4.41. The van der Waals surface area contributed by atoms with Crippen molar-refractivity contribution in [3.05, 3.63) is 70.8 Å². The molecule has 2 aromatic carbocycles. The molecule has 0 spiro atoms. The lowest BCUT2D eigenvalue weighted by molar-refractivity contribution is -0.141. The Bertz CT molecular complexity index is 932. The summed E-state index contributed by atoms with van der Waals surface area (Å²) in [6, 6.07) is 5.03. The van der Waals surface area contributed by atoms with Crippen LogP contribution in [0.1, 0.15) is 31.9 Å². The standard InChI is InChI=1S/C20H15F4NO2/c1-20(2,3)25-18(26)16(12-6-4-10(21)8-14(12)23)17(19(25)27)13-7-5-11(22)9-15(13)24/h4-9H,1-3H3. The zero-order chi connectivity index (χ0) is 20.1. The van der Waals surface area contributed by atoms with Gasteiger partial charge in [-0.3, -0.25) is 14.5 Å². The maximum absolute atomic E-state index is 14.4. The minimum absolute atomic E-state index is 0.333. The van der Waals surface area contributed by atoms with Crippen molar-refractivity contribution in [3.63, 3.8) is 0 Å². The van der Waals surface area contributed by atoms with Gasteiger partial charge in [0.15, 0.2) is 0 Å². The molecule has 0 unspecified atom stereocenters. The van der Waals surface area contributed by atoms with Gasteiger partial charge in [-0.2, -0.15) is 0 Å². The van der Waals surface area contributed by atoms with Crippen LogP contribution in [0.25, 0.3) is 11.1 Å². The summed E-state index contributed by atoms with van der Waals surface area (Å²) in [4.78, 5) is 26.8. The highest BCUT2D eigenvalue weighted by Crippen LogP contribution is 2.40. The van der Waals surface area contributed by atoms with Gasteiger partial charge in [-0.05, 0) is 45.0 Å². The molecule has 0 aromatic heterocycles. The fourth-order valence-electron chi connectivity index (χ4n) is 3.02. The summed E-state index contributed by atoms with van der Waals surface area (Å²) in [5, 5.41) is 0. The third-order valence-corrected chi connectivity index (χ3v) is 4.16. The number of hydrogen-bond acceptors (Lipinski definition) is 2. The van der Waals surface area contributed by atoms with Gasteiger partial charge in [-0.1, -0.05) is 0 Å². The largest absolute Gasteiger partial charge is 0.269 e. The van der Waals surface area contributed by atoms with Gasteiger partial charge in [-0.25, -0.2) is 17.6 Å². The van der Waals surface area contributed by atoms with Crippen LogP contribution >= 0.6 is 0 Å². The number of imide groups is 1. The molecule has 2 aromatic rings. The van der Waals surface area contributed by atoms with Gasteiger partial charge in [0, 0.05) is 28.8 Å². The van der Waals surface area contributed by atoms with E-state index in [0.29, 0.717) is 12.1 Å². The van der Waals surface area contributed by atoms with Gasteiger partial charge in [0.1, 0.15) is 23.3 Å². The zero-order valence-corrected chi connectivity index (χ0v) is 14.7. The second-order valence-corrected chi connectivity index (χ2v) is 7.11. The summed E-state index contributed by atoms with van der Waals surface area (Å²) in [6.07, 6.45) is 0. The average Bonchev–Trinajstić information content (AvgIpc) is 2.78. The summed E-state index contributed by atoms with van der Waals surface area (Å²) >= 11 is 0. The molecule has 0 aliphatic carbocycles. The van der Waals surface area contributed by atoms with Crippen molar-refractivity contribution in [2.75, 3.05) is 0 Å². The molecule has 0 radical (unpaired) electrons. The molecule has 27 heavy (non-hydrogen) atoms. The molecule has 1 heterocycles. The van der Waals surface area contributed by atoms with Crippen molar-refractivity contribution in [2.45, 2.75) is 26.3 Å². The zero-order valence-electron chi connectivity index (χ0n) is 14.7. The van der Waals surface area contributed by atoms with E-state index in [9.17, 15) is 27.2 Å². The van der Waals surface area contributed by atoms with E-state index >= 15 is 0 Å². The van der Waals surface area contributed by atoms with Crippen LogP contribution in [0.2, 0.25) is 0 Å². The van der Waals surface area contributed by atoms with Crippen molar-refractivity contribution >= 4 is 23.0 Å². The van der Waals surface area contributed by atoms with E-state index in [1.165, 1.54) is 0 Å². The highest BCUT2D eigenvalue weighted by atomic mass is 19.1. The molecule has 0 saturated heterocycles. The average molecular weight is 377 g/mol. The van der Waals surface area contributed by atoms with Crippen LogP contribution in [-0.2, 0) is 9.59 Å². The minimum atomic E-state index is -1.07. The molecule has 0 saturated carbocycles. The van der Waals surface area contributed by atoms with Crippen molar-refractivity contribution < 1.29 is 27.2 Å². The maximum Gasteiger partial charge on any atom is 0.262 e. The van der Waals surface area contributed by atoms with Crippen molar-refractivity contribution in [2.24, 2.45) is 0 Å². The Balaban J connectivity index is 2.34. The smallest absolute Gasteiger partial charge is 0.262 e. The van der Waals surface area contributed by atoms with Crippen LogP contribution in [0.15, 0.2) is 36.4 Å². The fraction of sp³-hybridized carbons (Fsp3) is 0.200. The Labute approximate surface area is 152 Å². The Morgan fingerprint density at radius 2 is 1.07 bits per heavy atom. The lowest BCUT2D eigenvalue weighted by atomic mass is 9.95. The van der Waals surface area contributed by atoms with Crippen LogP contribution in [0.4, 0.5) is 17.6 Å². The van der Waals surface area contributed by atoms with E-state index in [2.05, 4.69) is 0 Å². The van der Waals surface area contributed by atoms with Crippen LogP contribution in [0, 0.1) is 23.3 Å².